The van der Waals surface area contributed by atoms with Crippen LogP contribution in [0.2, 0.25) is 0 Å². The van der Waals surface area contributed by atoms with E-state index in [1.165, 1.54) is 0 Å². The number of unbranched alkanes of at least 4 members (excludes halogenated alkanes) is 2. The molecule has 6 heteroatoms. The van der Waals surface area contributed by atoms with E-state index in [1.54, 1.807) is 0 Å². The monoisotopic (exact) mass is 355 g/mol. The van der Waals surface area contributed by atoms with Gasteiger partial charge < -0.3 is 25.3 Å². The number of rotatable bonds is 10. The minimum Gasteiger partial charge on any atom is -0.870 e. The Kier molecular flexibility index (Phi) is 27.3. The van der Waals surface area contributed by atoms with Gasteiger partial charge in [0.15, 0.2) is 0 Å². The average Bonchev–Trinajstić information content (AvgIpc) is 2.40. The second-order valence-corrected chi connectivity index (χ2v) is 5.13. The molecule has 22 heavy (non-hydrogen) atoms. The van der Waals surface area contributed by atoms with Crippen LogP contribution in [0.1, 0.15) is 79.1 Å². The topological polar surface area (TPSA) is 110 Å². The molecule has 0 aromatic rings. The summed E-state index contributed by atoms with van der Waals surface area (Å²) in [5.41, 5.74) is 0. The summed E-state index contributed by atoms with van der Waals surface area (Å²) in [6.07, 6.45) is 7.04. The van der Waals surface area contributed by atoms with Crippen LogP contribution in [0, 0.1) is 11.8 Å². The first-order valence-electron chi connectivity index (χ1n) is 7.86. The molecule has 0 heterocycles. The molecule has 0 rings (SSSR count). The van der Waals surface area contributed by atoms with Crippen molar-refractivity contribution in [2.45, 2.75) is 79.1 Å². The van der Waals surface area contributed by atoms with Crippen molar-refractivity contribution < 1.29 is 42.6 Å². The van der Waals surface area contributed by atoms with Crippen molar-refractivity contribution in [3.05, 3.63) is 0 Å². The standard InChI is InChI=1S/2C8H16O2.Cr.H2O/c2*1-3-5-6-7(4-2)8(9)10;;/h2*7H,3-6H2,1-2H3,(H,9,10);;1H2/q;;+3;/p-3. The van der Waals surface area contributed by atoms with Gasteiger partial charge in [-0.25, -0.2) is 0 Å². The fourth-order valence-electron chi connectivity index (χ4n) is 1.88. The van der Waals surface area contributed by atoms with E-state index in [0.29, 0.717) is 12.8 Å². The minimum absolute atomic E-state index is 0. The van der Waals surface area contributed by atoms with E-state index in [0.717, 1.165) is 38.5 Å². The molecular weight excluding hydrogens is 324 g/mol. The summed E-state index contributed by atoms with van der Waals surface area (Å²) in [6, 6.07) is 0. The number of carbonyl (C=O) groups is 2. The molecule has 5 nitrogen and oxygen atoms in total. The molecule has 1 radical (unpaired) electrons. The van der Waals surface area contributed by atoms with Crippen molar-refractivity contribution in [3.8, 4) is 0 Å². The molecule has 131 valence electrons. The zero-order chi connectivity index (χ0) is 16.0. The van der Waals surface area contributed by atoms with Gasteiger partial charge >= 0.3 is 17.4 Å². The summed E-state index contributed by atoms with van der Waals surface area (Å²) in [6.45, 7) is 7.89. The maximum absolute atomic E-state index is 10.3. The number of carboxylic acid groups (broad SMARTS) is 2. The fraction of sp³-hybridized carbons (Fsp3) is 0.875. The van der Waals surface area contributed by atoms with E-state index in [4.69, 9.17) is 0 Å². The smallest absolute Gasteiger partial charge is 0.870 e. The van der Waals surface area contributed by atoms with Crippen LogP contribution in [0.5, 0.6) is 0 Å². The second-order valence-electron chi connectivity index (χ2n) is 5.13. The van der Waals surface area contributed by atoms with Gasteiger partial charge in [0.2, 0.25) is 0 Å². The largest absolute Gasteiger partial charge is 3.00 e. The fourth-order valence-corrected chi connectivity index (χ4v) is 1.88. The Bertz CT molecular complexity index is 233. The van der Waals surface area contributed by atoms with E-state index >= 15 is 0 Å². The van der Waals surface area contributed by atoms with E-state index in [2.05, 4.69) is 13.8 Å². The van der Waals surface area contributed by atoms with Crippen molar-refractivity contribution in [2.75, 3.05) is 0 Å². The molecule has 0 spiro atoms. The molecule has 2 unspecified atom stereocenters. The summed E-state index contributed by atoms with van der Waals surface area (Å²) in [5.74, 6) is -2.23. The Morgan fingerprint density at radius 1 is 0.773 bits per heavy atom. The summed E-state index contributed by atoms with van der Waals surface area (Å²) in [4.78, 5) is 20.7. The van der Waals surface area contributed by atoms with E-state index < -0.39 is 11.9 Å². The Labute approximate surface area is 145 Å². The normalized spacial score (nSPS) is 11.8. The van der Waals surface area contributed by atoms with Gasteiger partial charge in [-0.05, 0) is 37.5 Å². The number of hydrogen-bond donors (Lipinski definition) is 0. The maximum atomic E-state index is 10.3. The molecule has 0 aromatic carbocycles. The number of carbonyl (C=O) groups excluding carboxylic acids is 2. The maximum Gasteiger partial charge on any atom is 3.00 e. The molecule has 0 aromatic heterocycles. The Hall–Kier alpha value is -0.568. The van der Waals surface area contributed by atoms with Crippen LogP contribution >= 0.6 is 0 Å². The number of hydrogen-bond acceptors (Lipinski definition) is 5. The van der Waals surface area contributed by atoms with Gasteiger partial charge in [-0.3, -0.25) is 0 Å². The Morgan fingerprint density at radius 2 is 1.05 bits per heavy atom. The SMILES string of the molecule is CCCCC(CC)C(=O)[O-].CCCCC(CC)C(=O)[O-].[Cr+3].[OH-]. The zero-order valence-electron chi connectivity index (χ0n) is 14.3. The molecule has 0 aliphatic heterocycles. The predicted molar refractivity (Wildman–Crippen MR) is 78.6 cm³/mol. The average molecular weight is 355 g/mol. The van der Waals surface area contributed by atoms with Crippen LogP contribution < -0.4 is 10.2 Å². The second kappa shape index (κ2) is 20.4. The first-order valence-corrected chi connectivity index (χ1v) is 7.86. The third-order valence-corrected chi connectivity index (χ3v) is 3.46. The molecule has 0 aliphatic rings. The minimum atomic E-state index is -0.893. The molecule has 0 aliphatic carbocycles. The van der Waals surface area contributed by atoms with Crippen molar-refractivity contribution in [2.24, 2.45) is 11.8 Å². The van der Waals surface area contributed by atoms with Gasteiger partial charge in [0.25, 0.3) is 0 Å². The molecule has 2 atom stereocenters. The molecule has 0 bridgehead atoms. The first kappa shape index (κ1) is 29.4. The zero-order valence-corrected chi connectivity index (χ0v) is 15.6. The Balaban J connectivity index is -0.000000135. The van der Waals surface area contributed by atoms with Gasteiger partial charge in [0, 0.05) is 11.9 Å². The van der Waals surface area contributed by atoms with Crippen molar-refractivity contribution in [1.29, 1.82) is 0 Å². The molecule has 0 amide bonds. The van der Waals surface area contributed by atoms with E-state index in [9.17, 15) is 19.8 Å². The number of aliphatic carboxylic acids is 2. The van der Waals surface area contributed by atoms with Crippen molar-refractivity contribution >= 4 is 11.9 Å². The summed E-state index contributed by atoms with van der Waals surface area (Å²) in [5, 5.41) is 20.7. The quantitative estimate of drug-likeness (QED) is 0.592. The number of carboxylic acids is 2. The molecule has 0 fully saturated rings. The molecular formula is C16H31CrO5. The Morgan fingerprint density at radius 3 is 1.18 bits per heavy atom. The third-order valence-electron chi connectivity index (χ3n) is 3.46. The third kappa shape index (κ3) is 17.5. The molecule has 0 saturated heterocycles. The van der Waals surface area contributed by atoms with Gasteiger partial charge in [0.05, 0.1) is 0 Å². The van der Waals surface area contributed by atoms with E-state index in [1.807, 2.05) is 13.8 Å². The summed E-state index contributed by atoms with van der Waals surface area (Å²) >= 11 is 0. The van der Waals surface area contributed by atoms with Crippen molar-refractivity contribution in [3.63, 3.8) is 0 Å². The summed E-state index contributed by atoms with van der Waals surface area (Å²) < 4.78 is 0. The van der Waals surface area contributed by atoms with Crippen LogP contribution in [0.3, 0.4) is 0 Å². The first-order chi connectivity index (χ1) is 9.44. The van der Waals surface area contributed by atoms with Gasteiger partial charge in [-0.1, -0.05) is 53.4 Å². The van der Waals surface area contributed by atoms with Crippen LogP contribution in [0.25, 0.3) is 0 Å². The predicted octanol–water partition coefficient (Wildman–Crippen LogP) is 1.73. The van der Waals surface area contributed by atoms with Crippen LogP contribution in [-0.4, -0.2) is 17.4 Å². The van der Waals surface area contributed by atoms with Gasteiger partial charge in [-0.15, -0.1) is 0 Å². The van der Waals surface area contributed by atoms with Crippen LogP contribution in [-0.2, 0) is 27.0 Å². The van der Waals surface area contributed by atoms with E-state index in [-0.39, 0.29) is 34.7 Å². The van der Waals surface area contributed by atoms with Gasteiger partial charge in [-0.2, -0.15) is 0 Å². The van der Waals surface area contributed by atoms with Crippen LogP contribution in [0.4, 0.5) is 0 Å². The van der Waals surface area contributed by atoms with Crippen LogP contribution in [0.15, 0.2) is 0 Å². The molecule has 0 saturated carbocycles. The van der Waals surface area contributed by atoms with Crippen molar-refractivity contribution in [1.82, 2.24) is 0 Å². The summed E-state index contributed by atoms with van der Waals surface area (Å²) in [7, 11) is 0. The van der Waals surface area contributed by atoms with Gasteiger partial charge in [0.1, 0.15) is 0 Å². The molecule has 1 N–H and O–H groups in total.